The quantitative estimate of drug-likeness (QED) is 0.624. The molecule has 0 spiro atoms. The summed E-state index contributed by atoms with van der Waals surface area (Å²) in [6.45, 7) is 3.53. The van der Waals surface area contributed by atoms with Gasteiger partial charge in [-0.25, -0.2) is 0 Å². The van der Waals surface area contributed by atoms with Crippen molar-refractivity contribution >= 4 is 11.9 Å². The first-order chi connectivity index (χ1) is 7.13. The third-order valence-corrected chi connectivity index (χ3v) is 2.51. The van der Waals surface area contributed by atoms with Crippen molar-refractivity contribution in [3.8, 4) is 0 Å². The van der Waals surface area contributed by atoms with Crippen LogP contribution in [0.4, 0.5) is 0 Å². The van der Waals surface area contributed by atoms with Crippen molar-refractivity contribution in [2.45, 2.75) is 38.1 Å². The van der Waals surface area contributed by atoms with Gasteiger partial charge >= 0.3 is 5.97 Å². The van der Waals surface area contributed by atoms with Crippen LogP contribution in [0.1, 0.15) is 32.1 Å². The fourth-order valence-corrected chi connectivity index (χ4v) is 1.53. The van der Waals surface area contributed by atoms with Crippen LogP contribution in [0.2, 0.25) is 0 Å². The summed E-state index contributed by atoms with van der Waals surface area (Å²) < 4.78 is 0. The summed E-state index contributed by atoms with van der Waals surface area (Å²) in [7, 11) is 0. The van der Waals surface area contributed by atoms with Gasteiger partial charge in [0.25, 0.3) is 0 Å². The normalized spacial score (nSPS) is 16.8. The zero-order chi connectivity index (χ0) is 11.3. The maximum Gasteiger partial charge on any atom is 0.305 e. The molecule has 1 fully saturated rings. The van der Waals surface area contributed by atoms with E-state index in [1.165, 1.54) is 0 Å². The number of hydrogen-bond acceptors (Lipinski definition) is 2. The molecule has 0 aromatic heterocycles. The largest absolute Gasteiger partial charge is 0.481 e. The fourth-order valence-electron chi connectivity index (χ4n) is 1.53. The van der Waals surface area contributed by atoms with Crippen LogP contribution in [0.3, 0.4) is 0 Å². The highest BCUT2D eigenvalue weighted by Crippen LogP contribution is 2.34. The predicted molar refractivity (Wildman–Crippen MR) is 56.3 cm³/mol. The first kappa shape index (κ1) is 11.8. The SMILES string of the molecule is C=CCCC(=O)NC(CC(=O)O)C1CC1. The van der Waals surface area contributed by atoms with E-state index in [4.69, 9.17) is 5.11 Å². The van der Waals surface area contributed by atoms with E-state index < -0.39 is 5.97 Å². The van der Waals surface area contributed by atoms with Gasteiger partial charge in [-0.05, 0) is 25.2 Å². The van der Waals surface area contributed by atoms with Gasteiger partial charge in [-0.1, -0.05) is 6.08 Å². The summed E-state index contributed by atoms with van der Waals surface area (Å²) in [5, 5.41) is 11.5. The summed E-state index contributed by atoms with van der Waals surface area (Å²) in [6, 6.07) is -0.181. The second-order valence-corrected chi connectivity index (χ2v) is 3.94. The number of carbonyl (C=O) groups excluding carboxylic acids is 1. The average molecular weight is 211 g/mol. The molecular weight excluding hydrogens is 194 g/mol. The molecule has 1 rings (SSSR count). The number of nitrogens with one attached hydrogen (secondary N) is 1. The lowest BCUT2D eigenvalue weighted by Gasteiger charge is -2.15. The van der Waals surface area contributed by atoms with Crippen LogP contribution in [-0.2, 0) is 9.59 Å². The van der Waals surface area contributed by atoms with E-state index in [1.54, 1.807) is 6.08 Å². The number of rotatable bonds is 7. The Morgan fingerprint density at radius 3 is 2.67 bits per heavy atom. The molecule has 4 heteroatoms. The van der Waals surface area contributed by atoms with Crippen molar-refractivity contribution < 1.29 is 14.7 Å². The summed E-state index contributed by atoms with van der Waals surface area (Å²) >= 11 is 0. The first-order valence-corrected chi connectivity index (χ1v) is 5.25. The van der Waals surface area contributed by atoms with Crippen LogP contribution in [0.5, 0.6) is 0 Å². The molecule has 0 bridgehead atoms. The van der Waals surface area contributed by atoms with Crippen LogP contribution in [-0.4, -0.2) is 23.0 Å². The number of aliphatic carboxylic acids is 1. The summed E-state index contributed by atoms with van der Waals surface area (Å²) in [4.78, 5) is 21.9. The molecule has 1 atom stereocenters. The molecule has 2 N–H and O–H groups in total. The smallest absolute Gasteiger partial charge is 0.305 e. The van der Waals surface area contributed by atoms with Crippen molar-refractivity contribution in [1.29, 1.82) is 0 Å². The first-order valence-electron chi connectivity index (χ1n) is 5.25. The Hall–Kier alpha value is -1.32. The predicted octanol–water partition coefficient (Wildman–Crippen LogP) is 1.32. The second kappa shape index (κ2) is 5.53. The van der Waals surface area contributed by atoms with Gasteiger partial charge in [0.05, 0.1) is 6.42 Å². The number of allylic oxidation sites excluding steroid dienone is 1. The van der Waals surface area contributed by atoms with Crippen molar-refractivity contribution in [3.05, 3.63) is 12.7 Å². The van der Waals surface area contributed by atoms with Crippen molar-refractivity contribution in [3.63, 3.8) is 0 Å². The van der Waals surface area contributed by atoms with Gasteiger partial charge in [-0.2, -0.15) is 0 Å². The maximum absolute atomic E-state index is 11.4. The Bertz CT molecular complexity index is 259. The highest BCUT2D eigenvalue weighted by atomic mass is 16.4. The zero-order valence-corrected chi connectivity index (χ0v) is 8.74. The van der Waals surface area contributed by atoms with E-state index in [-0.39, 0.29) is 18.4 Å². The standard InChI is InChI=1S/C11H17NO3/c1-2-3-4-10(13)12-9(7-11(14)15)8-5-6-8/h2,8-9H,1,3-7H2,(H,12,13)(H,14,15). The van der Waals surface area contributed by atoms with Gasteiger partial charge < -0.3 is 10.4 Å². The molecule has 1 amide bonds. The minimum absolute atomic E-state index is 0.0322. The van der Waals surface area contributed by atoms with Gasteiger partial charge in [-0.15, -0.1) is 6.58 Å². The molecule has 0 aromatic rings. The molecular formula is C11H17NO3. The summed E-state index contributed by atoms with van der Waals surface area (Å²) in [6.07, 6.45) is 4.80. The van der Waals surface area contributed by atoms with Gasteiger partial charge in [-0.3, -0.25) is 9.59 Å². The molecule has 84 valence electrons. The number of carboxylic acid groups (broad SMARTS) is 1. The number of hydrogen-bond donors (Lipinski definition) is 2. The van der Waals surface area contributed by atoms with Crippen LogP contribution in [0.15, 0.2) is 12.7 Å². The molecule has 0 aliphatic heterocycles. The van der Waals surface area contributed by atoms with Crippen molar-refractivity contribution in [2.24, 2.45) is 5.92 Å². The molecule has 1 saturated carbocycles. The van der Waals surface area contributed by atoms with E-state index in [9.17, 15) is 9.59 Å². The van der Waals surface area contributed by atoms with E-state index >= 15 is 0 Å². The maximum atomic E-state index is 11.4. The van der Waals surface area contributed by atoms with Gasteiger partial charge in [0.1, 0.15) is 0 Å². The minimum Gasteiger partial charge on any atom is -0.481 e. The Kier molecular flexibility index (Phi) is 4.34. The topological polar surface area (TPSA) is 66.4 Å². The monoisotopic (exact) mass is 211 g/mol. The third-order valence-electron chi connectivity index (χ3n) is 2.51. The molecule has 0 aromatic carbocycles. The lowest BCUT2D eigenvalue weighted by atomic mass is 10.1. The molecule has 15 heavy (non-hydrogen) atoms. The number of amides is 1. The van der Waals surface area contributed by atoms with Crippen LogP contribution < -0.4 is 5.32 Å². The molecule has 1 aliphatic rings. The Balaban J connectivity index is 2.33. The molecule has 0 radical (unpaired) electrons. The van der Waals surface area contributed by atoms with E-state index in [0.29, 0.717) is 18.8 Å². The highest BCUT2D eigenvalue weighted by Gasteiger charge is 2.33. The van der Waals surface area contributed by atoms with Crippen LogP contribution in [0, 0.1) is 5.92 Å². The van der Waals surface area contributed by atoms with Crippen LogP contribution >= 0.6 is 0 Å². The lowest BCUT2D eigenvalue weighted by molar-refractivity contribution is -0.137. The zero-order valence-electron chi connectivity index (χ0n) is 8.74. The minimum atomic E-state index is -0.851. The Morgan fingerprint density at radius 1 is 1.53 bits per heavy atom. The van der Waals surface area contributed by atoms with Crippen molar-refractivity contribution in [2.75, 3.05) is 0 Å². The summed E-state index contributed by atoms with van der Waals surface area (Å²) in [5.41, 5.74) is 0. The van der Waals surface area contributed by atoms with Crippen molar-refractivity contribution in [1.82, 2.24) is 5.32 Å². The second-order valence-electron chi connectivity index (χ2n) is 3.94. The molecule has 1 unspecified atom stereocenters. The number of carbonyl (C=O) groups is 2. The average Bonchev–Trinajstić information content (AvgIpc) is 2.96. The van der Waals surface area contributed by atoms with Gasteiger partial charge in [0.2, 0.25) is 5.91 Å². The summed E-state index contributed by atoms with van der Waals surface area (Å²) in [5.74, 6) is -0.558. The highest BCUT2D eigenvalue weighted by molar-refractivity contribution is 5.77. The van der Waals surface area contributed by atoms with Gasteiger partial charge in [0.15, 0.2) is 0 Å². The molecule has 0 heterocycles. The fraction of sp³-hybridized carbons (Fsp3) is 0.636. The van der Waals surface area contributed by atoms with Crippen LogP contribution in [0.25, 0.3) is 0 Å². The number of carboxylic acids is 1. The van der Waals surface area contributed by atoms with Gasteiger partial charge in [0, 0.05) is 12.5 Å². The third kappa shape index (κ3) is 4.63. The lowest BCUT2D eigenvalue weighted by Crippen LogP contribution is -2.37. The molecule has 4 nitrogen and oxygen atoms in total. The Labute approximate surface area is 89.4 Å². The Morgan fingerprint density at radius 2 is 2.20 bits per heavy atom. The van der Waals surface area contributed by atoms with E-state index in [2.05, 4.69) is 11.9 Å². The molecule has 0 saturated heterocycles. The molecule has 1 aliphatic carbocycles. The van der Waals surface area contributed by atoms with E-state index in [0.717, 1.165) is 12.8 Å². The van der Waals surface area contributed by atoms with E-state index in [1.807, 2.05) is 0 Å².